The summed E-state index contributed by atoms with van der Waals surface area (Å²) in [4.78, 5) is 18.3. The number of amides is 1. The first kappa shape index (κ1) is 18.1. The average molecular weight is 425 g/mol. The van der Waals surface area contributed by atoms with E-state index in [-0.39, 0.29) is 18.6 Å². The topological polar surface area (TPSA) is 45.3 Å². The Labute approximate surface area is 167 Å². The second-order valence-electron chi connectivity index (χ2n) is 6.71. The lowest BCUT2D eigenvalue weighted by Gasteiger charge is -2.36. The number of nitrogens with zero attached hydrogens (tertiary/aromatic N) is 1. The minimum absolute atomic E-state index is 0.00621. The number of carbonyl (C=O) groups excluding carboxylic acids is 1. The van der Waals surface area contributed by atoms with E-state index in [2.05, 4.69) is 57.0 Å². The van der Waals surface area contributed by atoms with Gasteiger partial charge in [0.05, 0.1) is 0 Å². The minimum Gasteiger partial charge on any atom is -0.375 e. The molecule has 1 aliphatic carbocycles. The smallest absolute Gasteiger partial charge is 0.249 e. The van der Waals surface area contributed by atoms with E-state index in [1.807, 2.05) is 23.1 Å². The number of ether oxygens (including phenoxy) is 1. The second kappa shape index (κ2) is 7.73. The van der Waals surface area contributed by atoms with Crippen LogP contribution in [0.25, 0.3) is 10.9 Å². The molecule has 1 atom stereocenters. The monoisotopic (exact) mass is 424 g/mol. The molecule has 5 heteroatoms. The van der Waals surface area contributed by atoms with Crippen molar-refractivity contribution in [2.45, 2.75) is 18.9 Å². The lowest BCUT2D eigenvalue weighted by molar-refractivity contribution is -0.137. The molecule has 0 saturated carbocycles. The number of aromatic nitrogens is 1. The van der Waals surface area contributed by atoms with Crippen molar-refractivity contribution in [2.24, 2.45) is 0 Å². The number of halogens is 1. The van der Waals surface area contributed by atoms with Crippen molar-refractivity contribution < 1.29 is 9.53 Å². The van der Waals surface area contributed by atoms with Crippen molar-refractivity contribution in [2.75, 3.05) is 20.3 Å². The van der Waals surface area contributed by atoms with Crippen molar-refractivity contribution >= 4 is 32.7 Å². The fraction of sp³-hybridized carbons (Fsp3) is 0.273. The summed E-state index contributed by atoms with van der Waals surface area (Å²) in [6, 6.07) is 6.07. The maximum Gasteiger partial charge on any atom is 0.249 e. The van der Waals surface area contributed by atoms with E-state index in [0.717, 1.165) is 34.1 Å². The normalized spacial score (nSPS) is 21.3. The average Bonchev–Trinajstić information content (AvgIpc) is 2.99. The number of aromatic amines is 1. The molecule has 2 heterocycles. The number of H-pyrrole nitrogens is 1. The molecular formula is C22H21BrN2O2. The molecule has 1 aromatic carbocycles. The first-order valence-electron chi connectivity index (χ1n) is 9.05. The number of methoxy groups -OCH3 is 1. The van der Waals surface area contributed by atoms with Crippen molar-refractivity contribution in [1.29, 1.82) is 0 Å². The zero-order chi connectivity index (χ0) is 18.8. The van der Waals surface area contributed by atoms with E-state index in [1.165, 1.54) is 10.9 Å². The number of hydrogen-bond acceptors (Lipinski definition) is 2. The summed E-state index contributed by atoms with van der Waals surface area (Å²) in [5.74, 6) is -0.00621. The Hall–Kier alpha value is -2.33. The SMILES string of the molecule is COCC(=O)N1CCc2c([nH]c3ccc(Br)cc23)C1C1=C=C/C=C\C/C=C\1. The van der Waals surface area contributed by atoms with Gasteiger partial charge in [-0.05, 0) is 42.7 Å². The molecule has 1 aromatic heterocycles. The molecule has 4 nitrogen and oxygen atoms in total. The maximum atomic E-state index is 12.8. The van der Waals surface area contributed by atoms with Crippen LogP contribution in [0, 0.1) is 0 Å². The quantitative estimate of drug-likeness (QED) is 0.731. The van der Waals surface area contributed by atoms with Gasteiger partial charge in [-0.3, -0.25) is 4.79 Å². The van der Waals surface area contributed by atoms with Gasteiger partial charge >= 0.3 is 0 Å². The summed E-state index contributed by atoms with van der Waals surface area (Å²) < 4.78 is 6.18. The highest BCUT2D eigenvalue weighted by molar-refractivity contribution is 9.10. The van der Waals surface area contributed by atoms with Gasteiger partial charge in [0.15, 0.2) is 0 Å². The molecule has 0 spiro atoms. The Morgan fingerprint density at radius 3 is 3.15 bits per heavy atom. The summed E-state index contributed by atoms with van der Waals surface area (Å²) in [5.41, 5.74) is 7.79. The van der Waals surface area contributed by atoms with Gasteiger partial charge in [0.25, 0.3) is 0 Å². The van der Waals surface area contributed by atoms with Gasteiger partial charge in [0, 0.05) is 40.3 Å². The van der Waals surface area contributed by atoms with E-state index in [1.54, 1.807) is 7.11 Å². The molecule has 2 aromatic rings. The van der Waals surface area contributed by atoms with Gasteiger partial charge in [0.1, 0.15) is 12.6 Å². The Bertz CT molecular complexity index is 1010. The molecule has 1 aliphatic heterocycles. The fourth-order valence-electron chi connectivity index (χ4n) is 3.84. The second-order valence-corrected chi connectivity index (χ2v) is 7.63. The third kappa shape index (κ3) is 3.46. The van der Waals surface area contributed by atoms with Crippen molar-refractivity contribution in [3.63, 3.8) is 0 Å². The van der Waals surface area contributed by atoms with E-state index in [4.69, 9.17) is 4.74 Å². The predicted molar refractivity (Wildman–Crippen MR) is 111 cm³/mol. The molecular weight excluding hydrogens is 404 g/mol. The number of fused-ring (bicyclic) bond motifs is 3. The number of rotatable bonds is 3. The standard InChI is InChI=1S/C22H21BrN2O2/c1-27-14-20(26)25-12-11-17-18-13-16(23)9-10-19(18)24-21(17)22(25)15-7-5-3-2-4-6-8-15/h2-3,5-6,8-10,13,22,24H,4,11-12,14H2,1H3/b3-2-,8-6-. The zero-order valence-corrected chi connectivity index (χ0v) is 16.8. The first-order chi connectivity index (χ1) is 13.2. The number of nitrogens with one attached hydrogen (secondary N) is 1. The summed E-state index contributed by atoms with van der Waals surface area (Å²) in [6.07, 6.45) is 11.9. The van der Waals surface area contributed by atoms with Crippen LogP contribution in [0.5, 0.6) is 0 Å². The third-order valence-electron chi connectivity index (χ3n) is 5.02. The van der Waals surface area contributed by atoms with Crippen LogP contribution >= 0.6 is 15.9 Å². The number of carbonyl (C=O) groups is 1. The van der Waals surface area contributed by atoms with Crippen LogP contribution in [0.4, 0.5) is 0 Å². The Kier molecular flexibility index (Phi) is 5.17. The molecule has 27 heavy (non-hydrogen) atoms. The fourth-order valence-corrected chi connectivity index (χ4v) is 4.20. The molecule has 4 rings (SSSR count). The van der Waals surface area contributed by atoms with Gasteiger partial charge in [0.2, 0.25) is 5.91 Å². The van der Waals surface area contributed by atoms with Crippen LogP contribution in [0.2, 0.25) is 0 Å². The van der Waals surface area contributed by atoms with E-state index in [0.29, 0.717) is 6.54 Å². The van der Waals surface area contributed by atoms with Gasteiger partial charge in [-0.1, -0.05) is 40.2 Å². The number of benzene rings is 1. The third-order valence-corrected chi connectivity index (χ3v) is 5.52. The summed E-state index contributed by atoms with van der Waals surface area (Å²) in [6.45, 7) is 0.742. The summed E-state index contributed by atoms with van der Waals surface area (Å²) in [7, 11) is 1.56. The van der Waals surface area contributed by atoms with Crippen molar-refractivity contribution in [1.82, 2.24) is 9.88 Å². The predicted octanol–water partition coefficient (Wildman–Crippen LogP) is 4.60. The summed E-state index contributed by atoms with van der Waals surface area (Å²) >= 11 is 3.58. The molecule has 0 saturated heterocycles. The van der Waals surface area contributed by atoms with Crippen LogP contribution < -0.4 is 0 Å². The van der Waals surface area contributed by atoms with Crippen LogP contribution in [0.15, 0.2) is 64.4 Å². The van der Waals surface area contributed by atoms with Crippen LogP contribution in [-0.4, -0.2) is 36.1 Å². The van der Waals surface area contributed by atoms with Crippen LogP contribution in [-0.2, 0) is 16.0 Å². The lowest BCUT2D eigenvalue weighted by atomic mass is 9.91. The van der Waals surface area contributed by atoms with Gasteiger partial charge in [-0.15, -0.1) is 5.73 Å². The molecule has 1 N–H and O–H groups in total. The molecule has 1 unspecified atom stereocenters. The Morgan fingerprint density at radius 1 is 1.41 bits per heavy atom. The maximum absolute atomic E-state index is 12.8. The summed E-state index contributed by atoms with van der Waals surface area (Å²) in [5, 5.41) is 1.21. The molecule has 1 amide bonds. The zero-order valence-electron chi connectivity index (χ0n) is 15.2. The molecule has 0 bridgehead atoms. The first-order valence-corrected chi connectivity index (χ1v) is 9.85. The lowest BCUT2D eigenvalue weighted by Crippen LogP contribution is -2.42. The van der Waals surface area contributed by atoms with E-state index in [9.17, 15) is 4.79 Å². The van der Waals surface area contributed by atoms with Crippen molar-refractivity contribution in [3.05, 3.63) is 75.6 Å². The molecule has 138 valence electrons. The van der Waals surface area contributed by atoms with E-state index < -0.39 is 0 Å². The van der Waals surface area contributed by atoms with Gasteiger partial charge < -0.3 is 14.6 Å². The van der Waals surface area contributed by atoms with Gasteiger partial charge in [-0.2, -0.15) is 0 Å². The minimum atomic E-state index is -0.193. The number of hydrogen-bond donors (Lipinski definition) is 1. The van der Waals surface area contributed by atoms with Gasteiger partial charge in [-0.25, -0.2) is 0 Å². The van der Waals surface area contributed by atoms with E-state index >= 15 is 0 Å². The Morgan fingerprint density at radius 2 is 2.30 bits per heavy atom. The molecule has 2 aliphatic rings. The highest BCUT2D eigenvalue weighted by atomic mass is 79.9. The Balaban J connectivity index is 1.89. The highest BCUT2D eigenvalue weighted by Gasteiger charge is 2.35. The number of allylic oxidation sites excluding steroid dienone is 3. The van der Waals surface area contributed by atoms with Crippen LogP contribution in [0.1, 0.15) is 23.7 Å². The molecule has 0 radical (unpaired) electrons. The van der Waals surface area contributed by atoms with Crippen LogP contribution in [0.3, 0.4) is 0 Å². The highest BCUT2D eigenvalue weighted by Crippen LogP contribution is 2.39. The van der Waals surface area contributed by atoms with Crippen molar-refractivity contribution in [3.8, 4) is 0 Å². The molecule has 0 fully saturated rings. The largest absolute Gasteiger partial charge is 0.375 e.